The van der Waals surface area contributed by atoms with Crippen molar-refractivity contribution in [3.05, 3.63) is 0 Å². The number of methoxy groups -OCH3 is 1. The van der Waals surface area contributed by atoms with Crippen LogP contribution >= 0.6 is 0 Å². The summed E-state index contributed by atoms with van der Waals surface area (Å²) in [5, 5.41) is 9.54. The van der Waals surface area contributed by atoms with Crippen LogP contribution in [0.1, 0.15) is 32.1 Å². The first-order chi connectivity index (χ1) is 6.66. The molecule has 1 aliphatic carbocycles. The summed E-state index contributed by atoms with van der Waals surface area (Å²) in [6.45, 7) is 0. The van der Waals surface area contributed by atoms with Gasteiger partial charge in [0.1, 0.15) is 5.78 Å². The van der Waals surface area contributed by atoms with E-state index in [0.717, 1.165) is 19.3 Å². The second-order valence-corrected chi connectivity index (χ2v) is 3.64. The third-order valence-corrected chi connectivity index (χ3v) is 2.68. The number of hydrogen-bond acceptors (Lipinski definition) is 4. The fraction of sp³-hybridized carbons (Fsp3) is 0.800. The van der Waals surface area contributed by atoms with Gasteiger partial charge in [-0.25, -0.2) is 4.79 Å². The van der Waals surface area contributed by atoms with E-state index >= 15 is 0 Å². The fourth-order valence-corrected chi connectivity index (χ4v) is 1.81. The van der Waals surface area contributed by atoms with Crippen LogP contribution in [0.4, 0.5) is 0 Å². The molecule has 0 aliphatic heterocycles. The maximum Gasteiger partial charge on any atom is 0.335 e. The molecular weight excluding hydrogens is 184 g/mol. The largest absolute Gasteiger partial charge is 0.467 e. The van der Waals surface area contributed by atoms with Crippen LogP contribution in [0.3, 0.4) is 0 Å². The molecule has 1 aliphatic rings. The Morgan fingerprint density at radius 1 is 1.50 bits per heavy atom. The van der Waals surface area contributed by atoms with Crippen LogP contribution in [0.2, 0.25) is 0 Å². The summed E-state index contributed by atoms with van der Waals surface area (Å²) in [5.41, 5.74) is 0. The molecule has 1 saturated carbocycles. The Balaban J connectivity index is 2.63. The fourth-order valence-electron chi connectivity index (χ4n) is 1.81. The third kappa shape index (κ3) is 2.54. The lowest BCUT2D eigenvalue weighted by atomic mass is 9.93. The van der Waals surface area contributed by atoms with Gasteiger partial charge in [0.05, 0.1) is 13.0 Å². The second-order valence-electron chi connectivity index (χ2n) is 3.64. The zero-order valence-corrected chi connectivity index (χ0v) is 8.36. The maximum absolute atomic E-state index is 11.5. The molecule has 0 spiro atoms. The first-order valence-corrected chi connectivity index (χ1v) is 4.95. The third-order valence-electron chi connectivity index (χ3n) is 2.68. The van der Waals surface area contributed by atoms with Crippen molar-refractivity contribution in [2.75, 3.05) is 7.11 Å². The SMILES string of the molecule is COC(=O)[C@H](O)[C@@H]1CCCCCC1=O. The van der Waals surface area contributed by atoms with E-state index in [4.69, 9.17) is 0 Å². The lowest BCUT2D eigenvalue weighted by Crippen LogP contribution is -2.35. The summed E-state index contributed by atoms with van der Waals surface area (Å²) in [6.07, 6.45) is 2.54. The molecular formula is C10H16O4. The van der Waals surface area contributed by atoms with Gasteiger partial charge in [-0.2, -0.15) is 0 Å². The Morgan fingerprint density at radius 3 is 2.86 bits per heavy atom. The lowest BCUT2D eigenvalue weighted by Gasteiger charge is -2.17. The molecule has 14 heavy (non-hydrogen) atoms. The number of Topliss-reactive ketones (excluding diaryl/α,β-unsaturated/α-hetero) is 1. The number of aliphatic hydroxyl groups excluding tert-OH is 1. The van der Waals surface area contributed by atoms with Gasteiger partial charge in [-0.1, -0.05) is 12.8 Å². The van der Waals surface area contributed by atoms with Gasteiger partial charge in [0.2, 0.25) is 0 Å². The van der Waals surface area contributed by atoms with Gasteiger partial charge < -0.3 is 9.84 Å². The highest BCUT2D eigenvalue weighted by atomic mass is 16.5. The topological polar surface area (TPSA) is 63.6 Å². The maximum atomic E-state index is 11.5. The van der Waals surface area contributed by atoms with Crippen LogP contribution in [0.5, 0.6) is 0 Å². The molecule has 1 rings (SSSR count). The van der Waals surface area contributed by atoms with Crippen molar-refractivity contribution in [2.24, 2.45) is 5.92 Å². The molecule has 0 heterocycles. The van der Waals surface area contributed by atoms with Gasteiger partial charge in [0, 0.05) is 6.42 Å². The van der Waals surface area contributed by atoms with E-state index in [0.29, 0.717) is 12.8 Å². The number of ether oxygens (including phenoxy) is 1. The van der Waals surface area contributed by atoms with E-state index in [-0.39, 0.29) is 5.78 Å². The van der Waals surface area contributed by atoms with Crippen LogP contribution in [-0.4, -0.2) is 30.1 Å². The monoisotopic (exact) mass is 200 g/mol. The number of carbonyl (C=O) groups is 2. The van der Waals surface area contributed by atoms with Crippen molar-refractivity contribution < 1.29 is 19.4 Å². The quantitative estimate of drug-likeness (QED) is 0.525. The first kappa shape index (κ1) is 11.2. The minimum atomic E-state index is -1.27. The van der Waals surface area contributed by atoms with E-state index < -0.39 is 18.0 Å². The van der Waals surface area contributed by atoms with Crippen LogP contribution in [0.15, 0.2) is 0 Å². The van der Waals surface area contributed by atoms with E-state index in [1.807, 2.05) is 0 Å². The highest BCUT2D eigenvalue weighted by molar-refractivity contribution is 5.88. The normalized spacial score (nSPS) is 25.3. The molecule has 4 nitrogen and oxygen atoms in total. The molecule has 1 fully saturated rings. The lowest BCUT2D eigenvalue weighted by molar-refractivity contribution is -0.156. The predicted molar refractivity (Wildman–Crippen MR) is 49.6 cm³/mol. The summed E-state index contributed by atoms with van der Waals surface area (Å²) in [7, 11) is 1.22. The van der Waals surface area contributed by atoms with E-state index in [9.17, 15) is 14.7 Å². The summed E-state index contributed by atoms with van der Waals surface area (Å²) < 4.78 is 4.41. The minimum absolute atomic E-state index is 0.0135. The molecule has 0 bridgehead atoms. The Kier molecular flexibility index (Phi) is 4.07. The highest BCUT2D eigenvalue weighted by Gasteiger charge is 2.32. The predicted octanol–water partition coefficient (Wildman–Crippen LogP) is 0.670. The summed E-state index contributed by atoms with van der Waals surface area (Å²) >= 11 is 0. The van der Waals surface area contributed by atoms with Crippen molar-refractivity contribution in [3.8, 4) is 0 Å². The number of ketones is 1. The molecule has 0 amide bonds. The van der Waals surface area contributed by atoms with Crippen molar-refractivity contribution in [1.29, 1.82) is 0 Å². The minimum Gasteiger partial charge on any atom is -0.467 e. The van der Waals surface area contributed by atoms with Crippen LogP contribution < -0.4 is 0 Å². The van der Waals surface area contributed by atoms with Crippen LogP contribution in [-0.2, 0) is 14.3 Å². The number of esters is 1. The van der Waals surface area contributed by atoms with Crippen LogP contribution in [0.25, 0.3) is 0 Å². The van der Waals surface area contributed by atoms with Gasteiger partial charge in [-0.3, -0.25) is 4.79 Å². The number of carbonyl (C=O) groups excluding carboxylic acids is 2. The molecule has 0 radical (unpaired) electrons. The van der Waals surface area contributed by atoms with Crippen molar-refractivity contribution in [2.45, 2.75) is 38.2 Å². The molecule has 0 aromatic carbocycles. The standard InChI is InChI=1S/C10H16O4/c1-14-10(13)9(12)7-5-3-2-4-6-8(7)11/h7,9,12H,2-6H2,1H3/t7-,9-/m1/s1. The number of rotatable bonds is 2. The Morgan fingerprint density at radius 2 is 2.21 bits per heavy atom. The number of aliphatic hydroxyl groups is 1. The number of hydrogen-bond donors (Lipinski definition) is 1. The molecule has 4 heteroatoms. The average Bonchev–Trinajstić information content (AvgIpc) is 2.40. The Labute approximate surface area is 83.2 Å². The average molecular weight is 200 g/mol. The van der Waals surface area contributed by atoms with Gasteiger partial charge in [-0.15, -0.1) is 0 Å². The van der Waals surface area contributed by atoms with E-state index in [1.54, 1.807) is 0 Å². The Hall–Kier alpha value is -0.900. The molecule has 0 unspecified atom stereocenters. The zero-order chi connectivity index (χ0) is 10.6. The molecule has 80 valence electrons. The van der Waals surface area contributed by atoms with Gasteiger partial charge >= 0.3 is 5.97 Å². The zero-order valence-electron chi connectivity index (χ0n) is 8.36. The first-order valence-electron chi connectivity index (χ1n) is 4.95. The second kappa shape index (κ2) is 5.10. The van der Waals surface area contributed by atoms with Gasteiger partial charge in [-0.05, 0) is 12.8 Å². The van der Waals surface area contributed by atoms with Crippen molar-refractivity contribution in [1.82, 2.24) is 0 Å². The van der Waals surface area contributed by atoms with E-state index in [1.165, 1.54) is 7.11 Å². The summed E-state index contributed by atoms with van der Waals surface area (Å²) in [4.78, 5) is 22.6. The van der Waals surface area contributed by atoms with Crippen molar-refractivity contribution in [3.63, 3.8) is 0 Å². The summed E-state index contributed by atoms with van der Waals surface area (Å²) in [5.74, 6) is -1.27. The molecule has 0 saturated heterocycles. The smallest absolute Gasteiger partial charge is 0.335 e. The van der Waals surface area contributed by atoms with E-state index in [2.05, 4.69) is 4.74 Å². The van der Waals surface area contributed by atoms with Gasteiger partial charge in [0.25, 0.3) is 0 Å². The molecule has 2 atom stereocenters. The molecule has 0 aromatic heterocycles. The summed E-state index contributed by atoms with van der Waals surface area (Å²) in [6, 6.07) is 0. The Bertz CT molecular complexity index is 224. The van der Waals surface area contributed by atoms with Gasteiger partial charge in [0.15, 0.2) is 6.10 Å². The van der Waals surface area contributed by atoms with Crippen LogP contribution in [0, 0.1) is 5.92 Å². The molecule has 0 aromatic rings. The molecule has 1 N–H and O–H groups in total. The van der Waals surface area contributed by atoms with Crippen molar-refractivity contribution >= 4 is 11.8 Å². The highest BCUT2D eigenvalue weighted by Crippen LogP contribution is 2.23.